The highest BCUT2D eigenvalue weighted by Gasteiger charge is 2.30. The van der Waals surface area contributed by atoms with E-state index in [0.717, 1.165) is 11.1 Å². The van der Waals surface area contributed by atoms with E-state index in [1.165, 1.54) is 24.3 Å². The lowest BCUT2D eigenvalue weighted by atomic mass is 10.1. The van der Waals surface area contributed by atoms with Gasteiger partial charge in [0.15, 0.2) is 0 Å². The third-order valence-electron chi connectivity index (χ3n) is 3.53. The number of imidazole rings is 1. The van der Waals surface area contributed by atoms with Crippen molar-refractivity contribution in [1.82, 2.24) is 9.97 Å². The molecule has 0 spiro atoms. The summed E-state index contributed by atoms with van der Waals surface area (Å²) in [5.74, 6) is -0.761. The zero-order valence-corrected chi connectivity index (χ0v) is 13.3. The van der Waals surface area contributed by atoms with Crippen molar-refractivity contribution in [2.75, 3.05) is 5.32 Å². The number of carbonyl (C=O) groups is 1. The van der Waals surface area contributed by atoms with Crippen LogP contribution in [0.25, 0.3) is 11.0 Å². The van der Waals surface area contributed by atoms with E-state index in [4.69, 9.17) is 5.11 Å². The van der Waals surface area contributed by atoms with Gasteiger partial charge in [-0.05, 0) is 48.4 Å². The van der Waals surface area contributed by atoms with Gasteiger partial charge in [-0.25, -0.2) is 4.98 Å². The first-order valence-electron chi connectivity index (χ1n) is 7.62. The fraction of sp³-hybridized carbons (Fsp3) is 0.176. The Morgan fingerprint density at radius 2 is 1.92 bits per heavy atom. The number of aliphatic carboxylic acids is 1. The summed E-state index contributed by atoms with van der Waals surface area (Å²) in [6.07, 6.45) is -4.29. The SMILES string of the molecule is O=C(O)CCc1ccc2[nH]c(Nc3ccc(OC(F)(F)F)cc3)nc2c1. The van der Waals surface area contributed by atoms with Crippen LogP contribution in [-0.2, 0) is 11.2 Å². The van der Waals surface area contributed by atoms with Crippen molar-refractivity contribution in [3.63, 3.8) is 0 Å². The van der Waals surface area contributed by atoms with Gasteiger partial charge in [-0.1, -0.05) is 6.07 Å². The Bertz CT molecular complexity index is 920. The molecular formula is C17H14F3N3O3. The van der Waals surface area contributed by atoms with E-state index in [0.29, 0.717) is 23.6 Å². The number of carboxylic acids is 1. The second-order valence-electron chi connectivity index (χ2n) is 5.53. The fourth-order valence-electron chi connectivity index (χ4n) is 2.39. The van der Waals surface area contributed by atoms with Gasteiger partial charge in [0.1, 0.15) is 5.75 Å². The molecule has 0 fully saturated rings. The molecule has 1 aromatic heterocycles. The molecule has 26 heavy (non-hydrogen) atoms. The normalized spacial score (nSPS) is 11.5. The number of anilines is 2. The smallest absolute Gasteiger partial charge is 0.481 e. The average molecular weight is 365 g/mol. The maximum atomic E-state index is 12.2. The number of hydrogen-bond donors (Lipinski definition) is 3. The summed E-state index contributed by atoms with van der Waals surface area (Å²) in [6.45, 7) is 0. The van der Waals surface area contributed by atoms with E-state index in [1.807, 2.05) is 6.07 Å². The molecule has 0 saturated heterocycles. The Morgan fingerprint density at radius 3 is 2.58 bits per heavy atom. The van der Waals surface area contributed by atoms with E-state index < -0.39 is 12.3 Å². The molecule has 0 radical (unpaired) electrons. The summed E-state index contributed by atoms with van der Waals surface area (Å²) in [6, 6.07) is 10.7. The van der Waals surface area contributed by atoms with Gasteiger partial charge >= 0.3 is 12.3 Å². The van der Waals surface area contributed by atoms with Crippen LogP contribution in [0, 0.1) is 0 Å². The Hall–Kier alpha value is -3.23. The first-order chi connectivity index (χ1) is 12.3. The maximum Gasteiger partial charge on any atom is 0.573 e. The number of nitrogens with one attached hydrogen (secondary N) is 2. The van der Waals surface area contributed by atoms with Crippen LogP contribution < -0.4 is 10.1 Å². The maximum absolute atomic E-state index is 12.2. The number of aromatic amines is 1. The number of nitrogens with zero attached hydrogens (tertiary/aromatic N) is 1. The Morgan fingerprint density at radius 1 is 1.19 bits per heavy atom. The second-order valence-corrected chi connectivity index (χ2v) is 5.53. The summed E-state index contributed by atoms with van der Waals surface area (Å²) in [5, 5.41) is 11.7. The third kappa shape index (κ3) is 4.65. The van der Waals surface area contributed by atoms with Crippen LogP contribution in [0.15, 0.2) is 42.5 Å². The number of carboxylic acid groups (broad SMARTS) is 1. The third-order valence-corrected chi connectivity index (χ3v) is 3.53. The molecule has 136 valence electrons. The monoisotopic (exact) mass is 365 g/mol. The lowest BCUT2D eigenvalue weighted by Gasteiger charge is -2.09. The lowest BCUT2D eigenvalue weighted by molar-refractivity contribution is -0.274. The van der Waals surface area contributed by atoms with E-state index in [2.05, 4.69) is 20.0 Å². The van der Waals surface area contributed by atoms with Crippen LogP contribution in [0.2, 0.25) is 0 Å². The van der Waals surface area contributed by atoms with Crippen molar-refractivity contribution in [3.8, 4) is 5.75 Å². The van der Waals surface area contributed by atoms with E-state index in [9.17, 15) is 18.0 Å². The molecule has 3 rings (SSSR count). The predicted octanol–water partition coefficient (Wildman–Crippen LogP) is 4.22. The van der Waals surface area contributed by atoms with Gasteiger partial charge in [0.25, 0.3) is 0 Å². The van der Waals surface area contributed by atoms with E-state index >= 15 is 0 Å². The topological polar surface area (TPSA) is 87.2 Å². The highest BCUT2D eigenvalue weighted by Crippen LogP contribution is 2.25. The first kappa shape index (κ1) is 17.6. The Labute approximate surface area is 145 Å². The van der Waals surface area contributed by atoms with E-state index in [-0.39, 0.29) is 12.2 Å². The van der Waals surface area contributed by atoms with Crippen LogP contribution >= 0.6 is 0 Å². The molecule has 1 heterocycles. The quantitative estimate of drug-likeness (QED) is 0.609. The second kappa shape index (κ2) is 6.95. The van der Waals surface area contributed by atoms with E-state index in [1.54, 1.807) is 12.1 Å². The molecule has 0 saturated carbocycles. The highest BCUT2D eigenvalue weighted by molar-refractivity contribution is 5.79. The average Bonchev–Trinajstić information content (AvgIpc) is 2.95. The standard InChI is InChI=1S/C17H14F3N3O3/c18-17(19,20)26-12-5-3-11(4-6-12)21-16-22-13-7-1-10(2-8-15(24)25)9-14(13)23-16/h1,3-7,9H,2,8H2,(H,24,25)(H2,21,22,23). The number of fused-ring (bicyclic) bond motifs is 1. The van der Waals surface area contributed by atoms with Gasteiger partial charge in [-0.15, -0.1) is 13.2 Å². The molecule has 0 unspecified atom stereocenters. The molecule has 2 aromatic carbocycles. The van der Waals surface area contributed by atoms with Gasteiger partial charge in [0.05, 0.1) is 11.0 Å². The van der Waals surface area contributed by atoms with Gasteiger partial charge in [0.2, 0.25) is 5.95 Å². The van der Waals surface area contributed by atoms with Crippen LogP contribution in [0.4, 0.5) is 24.8 Å². The summed E-state index contributed by atoms with van der Waals surface area (Å²) in [5.41, 5.74) is 2.80. The summed E-state index contributed by atoms with van der Waals surface area (Å²) in [4.78, 5) is 18.0. The summed E-state index contributed by atoms with van der Waals surface area (Å²) in [7, 11) is 0. The van der Waals surface area contributed by atoms with Crippen molar-refractivity contribution in [2.24, 2.45) is 0 Å². The lowest BCUT2D eigenvalue weighted by Crippen LogP contribution is -2.16. The van der Waals surface area contributed by atoms with Crippen molar-refractivity contribution >= 4 is 28.6 Å². The van der Waals surface area contributed by atoms with Gasteiger partial charge in [-0.2, -0.15) is 0 Å². The number of benzene rings is 2. The Kier molecular flexibility index (Phi) is 4.70. The zero-order valence-electron chi connectivity index (χ0n) is 13.3. The predicted molar refractivity (Wildman–Crippen MR) is 88.5 cm³/mol. The number of H-pyrrole nitrogens is 1. The van der Waals surface area contributed by atoms with Crippen molar-refractivity contribution in [3.05, 3.63) is 48.0 Å². The number of alkyl halides is 3. The highest BCUT2D eigenvalue weighted by atomic mass is 19.4. The van der Waals surface area contributed by atoms with Crippen LogP contribution in [0.5, 0.6) is 5.75 Å². The zero-order chi connectivity index (χ0) is 18.7. The number of halogens is 3. The molecule has 0 bridgehead atoms. The summed E-state index contributed by atoms with van der Waals surface area (Å²) < 4.78 is 40.3. The molecule has 0 atom stereocenters. The summed E-state index contributed by atoms with van der Waals surface area (Å²) >= 11 is 0. The molecule has 6 nitrogen and oxygen atoms in total. The molecule has 0 aliphatic heterocycles. The van der Waals surface area contributed by atoms with Crippen LogP contribution in [0.1, 0.15) is 12.0 Å². The molecule has 0 aliphatic carbocycles. The van der Waals surface area contributed by atoms with Crippen molar-refractivity contribution < 1.29 is 27.8 Å². The number of ether oxygens (including phenoxy) is 1. The van der Waals surface area contributed by atoms with Gasteiger partial charge < -0.3 is 20.1 Å². The van der Waals surface area contributed by atoms with Crippen molar-refractivity contribution in [1.29, 1.82) is 0 Å². The number of hydrogen-bond acceptors (Lipinski definition) is 4. The minimum Gasteiger partial charge on any atom is -0.481 e. The van der Waals surface area contributed by atoms with Crippen LogP contribution in [0.3, 0.4) is 0 Å². The minimum atomic E-state index is -4.73. The molecular weight excluding hydrogens is 351 g/mol. The first-order valence-corrected chi connectivity index (χ1v) is 7.62. The number of rotatable bonds is 6. The molecule has 3 aromatic rings. The molecule has 0 amide bonds. The van der Waals surface area contributed by atoms with Gasteiger partial charge in [0, 0.05) is 12.1 Å². The van der Waals surface area contributed by atoms with Crippen LogP contribution in [-0.4, -0.2) is 27.4 Å². The minimum absolute atomic E-state index is 0.0351. The molecule has 0 aliphatic rings. The van der Waals surface area contributed by atoms with Gasteiger partial charge in [-0.3, -0.25) is 4.79 Å². The fourth-order valence-corrected chi connectivity index (χ4v) is 2.39. The largest absolute Gasteiger partial charge is 0.573 e. The molecule has 9 heteroatoms. The number of aryl methyl sites for hydroxylation is 1. The Balaban J connectivity index is 1.71. The number of aromatic nitrogens is 2. The molecule has 3 N–H and O–H groups in total. The van der Waals surface area contributed by atoms with Crippen molar-refractivity contribution in [2.45, 2.75) is 19.2 Å².